The van der Waals surface area contributed by atoms with E-state index in [4.69, 9.17) is 10.5 Å². The smallest absolute Gasteiger partial charge is 0.331 e. The van der Waals surface area contributed by atoms with Gasteiger partial charge < -0.3 is 15.4 Å². The molecule has 0 saturated heterocycles. The van der Waals surface area contributed by atoms with E-state index in [2.05, 4.69) is 4.98 Å². The molecule has 2 rings (SSSR count). The van der Waals surface area contributed by atoms with Gasteiger partial charge in [-0.15, -0.1) is 0 Å². The van der Waals surface area contributed by atoms with Gasteiger partial charge in [0.25, 0.3) is 11.5 Å². The molecule has 0 aliphatic carbocycles. The van der Waals surface area contributed by atoms with E-state index in [-0.39, 0.29) is 24.6 Å². The van der Waals surface area contributed by atoms with Crippen molar-refractivity contribution < 1.29 is 14.3 Å². The first-order valence-electron chi connectivity index (χ1n) is 9.03. The number of rotatable bonds is 7. The van der Waals surface area contributed by atoms with Crippen LogP contribution in [0, 0.1) is 0 Å². The van der Waals surface area contributed by atoms with Crippen LogP contribution in [0.4, 0.5) is 11.5 Å². The second kappa shape index (κ2) is 9.54. The molecule has 0 atom stereocenters. The van der Waals surface area contributed by atoms with E-state index in [1.165, 1.54) is 10.6 Å². The molecule has 1 aromatic heterocycles. The monoisotopic (exact) mass is 400 g/mol. The molecule has 3 N–H and O–H groups in total. The number of nitrogens with two attached hydrogens (primary N) is 1. The van der Waals surface area contributed by atoms with E-state index in [9.17, 15) is 19.2 Å². The number of H-pyrrole nitrogens is 1. The highest BCUT2D eigenvalue weighted by Gasteiger charge is 2.23. The van der Waals surface area contributed by atoms with Crippen molar-refractivity contribution in [1.29, 1.82) is 0 Å². The fraction of sp³-hybridized carbons (Fsp3) is 0.300. The summed E-state index contributed by atoms with van der Waals surface area (Å²) in [6.45, 7) is 4.73. The van der Waals surface area contributed by atoms with E-state index in [1.807, 2.05) is 30.3 Å². The molecule has 0 fully saturated rings. The Labute approximate surface area is 167 Å². The molecule has 1 aromatic carbocycles. The molecule has 29 heavy (non-hydrogen) atoms. The zero-order valence-corrected chi connectivity index (χ0v) is 16.6. The van der Waals surface area contributed by atoms with Crippen LogP contribution in [0.15, 0.2) is 51.6 Å². The molecule has 1 heterocycles. The van der Waals surface area contributed by atoms with E-state index in [0.717, 1.165) is 16.0 Å². The topological polar surface area (TPSA) is 127 Å². The van der Waals surface area contributed by atoms with Gasteiger partial charge in [0.2, 0.25) is 0 Å². The first-order valence-corrected chi connectivity index (χ1v) is 9.03. The normalized spacial score (nSPS) is 10.3. The molecule has 0 radical (unpaired) electrons. The third kappa shape index (κ3) is 5.44. The minimum atomic E-state index is -0.789. The number of carbonyl (C=O) groups is 2. The van der Waals surface area contributed by atoms with Gasteiger partial charge in [-0.1, -0.05) is 35.9 Å². The Kier molecular flexibility index (Phi) is 7.13. The summed E-state index contributed by atoms with van der Waals surface area (Å²) in [6.07, 6.45) is 1.25. The summed E-state index contributed by atoms with van der Waals surface area (Å²) in [4.78, 5) is 52.1. The maximum atomic E-state index is 12.6. The van der Waals surface area contributed by atoms with Gasteiger partial charge in [-0.25, -0.2) is 9.59 Å². The van der Waals surface area contributed by atoms with E-state index in [0.29, 0.717) is 0 Å². The number of anilines is 2. The Hall–Kier alpha value is -3.62. The Bertz CT molecular complexity index is 1030. The Morgan fingerprint density at radius 1 is 1.21 bits per heavy atom. The number of hydrogen-bond donors (Lipinski definition) is 2. The number of nitrogens with one attached hydrogen (secondary N) is 1. The number of benzene rings is 1. The van der Waals surface area contributed by atoms with Crippen molar-refractivity contribution in [3.8, 4) is 0 Å². The van der Waals surface area contributed by atoms with Crippen molar-refractivity contribution >= 4 is 23.4 Å². The number of ether oxygens (including phenoxy) is 1. The van der Waals surface area contributed by atoms with Crippen molar-refractivity contribution in [3.05, 3.63) is 68.4 Å². The lowest BCUT2D eigenvalue weighted by Crippen LogP contribution is -2.42. The lowest BCUT2D eigenvalue weighted by Gasteiger charge is -2.23. The average Bonchev–Trinajstić information content (AvgIpc) is 2.66. The minimum Gasteiger partial charge on any atom is -0.452 e. The number of hydrogen-bond acceptors (Lipinski definition) is 6. The standard InChI is InChI=1S/C20H24N4O5/c1-4-23(15(25)12-29-16(26)10-13(2)3)17-18(21)24(20(28)22-19(17)27)11-14-8-6-5-7-9-14/h5-10H,4,11-12,21H2,1-3H3,(H,22,27,28). The number of aromatic amines is 1. The zero-order valence-electron chi connectivity index (χ0n) is 16.6. The number of allylic oxidation sites excluding steroid dienone is 1. The molecular formula is C20H24N4O5. The summed E-state index contributed by atoms with van der Waals surface area (Å²) in [6, 6.07) is 9.07. The van der Waals surface area contributed by atoms with Crippen LogP contribution in [-0.4, -0.2) is 34.6 Å². The van der Waals surface area contributed by atoms with Gasteiger partial charge in [0.1, 0.15) is 5.82 Å². The fourth-order valence-corrected chi connectivity index (χ4v) is 2.71. The predicted octanol–water partition coefficient (Wildman–Crippen LogP) is 1.03. The predicted molar refractivity (Wildman–Crippen MR) is 110 cm³/mol. The van der Waals surface area contributed by atoms with Gasteiger partial charge in [0.05, 0.1) is 6.54 Å². The number of esters is 1. The van der Waals surface area contributed by atoms with Crippen LogP contribution in [0.25, 0.3) is 0 Å². The van der Waals surface area contributed by atoms with Crippen LogP contribution in [0.2, 0.25) is 0 Å². The molecule has 0 aliphatic rings. The second-order valence-corrected chi connectivity index (χ2v) is 6.53. The van der Waals surface area contributed by atoms with Crippen molar-refractivity contribution in [2.24, 2.45) is 0 Å². The first-order chi connectivity index (χ1) is 13.7. The van der Waals surface area contributed by atoms with Crippen molar-refractivity contribution in [1.82, 2.24) is 9.55 Å². The molecular weight excluding hydrogens is 376 g/mol. The van der Waals surface area contributed by atoms with E-state index >= 15 is 0 Å². The summed E-state index contributed by atoms with van der Waals surface area (Å²) < 4.78 is 6.10. The molecule has 1 amide bonds. The molecule has 2 aromatic rings. The third-order valence-electron chi connectivity index (χ3n) is 4.03. The zero-order chi connectivity index (χ0) is 21.6. The third-order valence-corrected chi connectivity index (χ3v) is 4.03. The Morgan fingerprint density at radius 2 is 1.86 bits per heavy atom. The van der Waals surface area contributed by atoms with Gasteiger partial charge in [0.15, 0.2) is 12.3 Å². The van der Waals surface area contributed by atoms with Crippen molar-refractivity contribution in [2.75, 3.05) is 23.8 Å². The maximum absolute atomic E-state index is 12.6. The second-order valence-electron chi connectivity index (χ2n) is 6.53. The lowest BCUT2D eigenvalue weighted by atomic mass is 10.2. The number of carbonyl (C=O) groups excluding carboxylic acids is 2. The van der Waals surface area contributed by atoms with Gasteiger partial charge >= 0.3 is 11.7 Å². The van der Waals surface area contributed by atoms with E-state index in [1.54, 1.807) is 20.8 Å². The van der Waals surface area contributed by atoms with Gasteiger partial charge in [-0.3, -0.25) is 19.1 Å². The summed E-state index contributed by atoms with van der Waals surface area (Å²) in [5.74, 6) is -1.44. The van der Waals surface area contributed by atoms with Crippen LogP contribution in [-0.2, 0) is 20.9 Å². The fourth-order valence-electron chi connectivity index (χ4n) is 2.71. The average molecular weight is 400 g/mol. The summed E-state index contributed by atoms with van der Waals surface area (Å²) >= 11 is 0. The highest BCUT2D eigenvalue weighted by Crippen LogP contribution is 2.18. The number of nitrogens with zero attached hydrogens (tertiary/aromatic N) is 2. The molecule has 0 aliphatic heterocycles. The number of amides is 1. The highest BCUT2D eigenvalue weighted by molar-refractivity contribution is 5.97. The molecule has 0 bridgehead atoms. The van der Waals surface area contributed by atoms with Gasteiger partial charge in [-0.05, 0) is 26.3 Å². The number of likely N-dealkylation sites (N-methyl/N-ethyl adjacent to an activating group) is 1. The molecule has 154 valence electrons. The van der Waals surface area contributed by atoms with E-state index < -0.39 is 29.7 Å². The van der Waals surface area contributed by atoms with Crippen LogP contribution in [0.1, 0.15) is 26.3 Å². The SMILES string of the molecule is CCN(C(=O)COC(=O)C=C(C)C)c1c(N)n(Cc2ccccc2)c(=O)[nH]c1=O. The number of nitrogen functional groups attached to an aromatic ring is 1. The van der Waals surface area contributed by atoms with Crippen LogP contribution in [0.5, 0.6) is 0 Å². The molecule has 0 saturated carbocycles. The van der Waals surface area contributed by atoms with Gasteiger partial charge in [-0.2, -0.15) is 0 Å². The molecule has 0 spiro atoms. The first kappa shape index (κ1) is 21.7. The Morgan fingerprint density at radius 3 is 2.45 bits per heavy atom. The minimum absolute atomic E-state index is 0.0931. The summed E-state index contributed by atoms with van der Waals surface area (Å²) in [7, 11) is 0. The molecule has 9 nitrogen and oxygen atoms in total. The van der Waals surface area contributed by atoms with Crippen LogP contribution in [0.3, 0.4) is 0 Å². The highest BCUT2D eigenvalue weighted by atomic mass is 16.5. The molecule has 9 heteroatoms. The quantitative estimate of drug-likeness (QED) is 0.528. The lowest BCUT2D eigenvalue weighted by molar-refractivity contribution is -0.143. The largest absolute Gasteiger partial charge is 0.452 e. The molecule has 0 unspecified atom stereocenters. The van der Waals surface area contributed by atoms with Crippen molar-refractivity contribution in [3.63, 3.8) is 0 Å². The van der Waals surface area contributed by atoms with Crippen LogP contribution >= 0.6 is 0 Å². The number of aromatic nitrogens is 2. The van der Waals surface area contributed by atoms with Crippen molar-refractivity contribution in [2.45, 2.75) is 27.3 Å². The summed E-state index contributed by atoms with van der Waals surface area (Å²) in [5, 5.41) is 0. The van der Waals surface area contributed by atoms with Crippen LogP contribution < -0.4 is 21.9 Å². The van der Waals surface area contributed by atoms with Gasteiger partial charge in [0, 0.05) is 12.6 Å². The Balaban J connectivity index is 2.35. The summed E-state index contributed by atoms with van der Waals surface area (Å²) in [5.41, 5.74) is 5.99. The maximum Gasteiger partial charge on any atom is 0.331 e.